The van der Waals surface area contributed by atoms with Gasteiger partial charge in [-0.05, 0) is 61.7 Å². The Morgan fingerprint density at radius 3 is 2.64 bits per heavy atom. The molecular weight excluding hydrogens is 357 g/mol. The van der Waals surface area contributed by atoms with E-state index in [0.29, 0.717) is 23.0 Å². The fourth-order valence-corrected chi connectivity index (χ4v) is 3.45. The average molecular weight is 377 g/mol. The van der Waals surface area contributed by atoms with E-state index in [-0.39, 0.29) is 11.9 Å². The number of pyridine rings is 1. The van der Waals surface area contributed by atoms with Crippen molar-refractivity contribution in [3.8, 4) is 11.6 Å². The Morgan fingerprint density at radius 1 is 1.14 bits per heavy atom. The molecule has 0 saturated heterocycles. The molecule has 0 bridgehead atoms. The monoisotopic (exact) mass is 377 g/mol. The number of aromatic nitrogens is 1. The third-order valence-electron chi connectivity index (χ3n) is 4.88. The zero-order valence-electron chi connectivity index (χ0n) is 15.4. The van der Waals surface area contributed by atoms with Crippen molar-refractivity contribution >= 4 is 11.5 Å². The Morgan fingerprint density at radius 2 is 1.93 bits per heavy atom. The standard InChI is InChI=1S/C22H20FN3O2/c1-15-6-7-16-4-2-3-5-20(16)26(15)22(25-27)17-8-13-21(24-14-17)28-19-11-9-18(23)10-12-19/h2-5,8-15,27H,6-7H2,1H3/b25-22-. The van der Waals surface area contributed by atoms with Gasteiger partial charge < -0.3 is 14.8 Å². The Labute approximate surface area is 162 Å². The quantitative estimate of drug-likeness (QED) is 0.302. The molecule has 0 spiro atoms. The highest BCUT2D eigenvalue weighted by Crippen LogP contribution is 2.32. The summed E-state index contributed by atoms with van der Waals surface area (Å²) in [4.78, 5) is 6.34. The fraction of sp³-hybridized carbons (Fsp3) is 0.182. The van der Waals surface area contributed by atoms with Crippen molar-refractivity contribution in [1.29, 1.82) is 0 Å². The maximum Gasteiger partial charge on any atom is 0.219 e. The molecule has 5 nitrogen and oxygen atoms in total. The van der Waals surface area contributed by atoms with Crippen LogP contribution < -0.4 is 9.64 Å². The Balaban J connectivity index is 1.60. The summed E-state index contributed by atoms with van der Waals surface area (Å²) in [7, 11) is 0. The molecule has 4 rings (SSSR count). The van der Waals surface area contributed by atoms with Gasteiger partial charge in [-0.3, -0.25) is 0 Å². The minimum absolute atomic E-state index is 0.191. The molecule has 1 unspecified atom stereocenters. The van der Waals surface area contributed by atoms with Crippen molar-refractivity contribution < 1.29 is 14.3 Å². The lowest BCUT2D eigenvalue weighted by atomic mass is 9.96. The second kappa shape index (κ2) is 7.68. The first-order valence-corrected chi connectivity index (χ1v) is 9.15. The summed E-state index contributed by atoms with van der Waals surface area (Å²) < 4.78 is 18.6. The van der Waals surface area contributed by atoms with E-state index in [1.807, 2.05) is 23.1 Å². The summed E-state index contributed by atoms with van der Waals surface area (Å²) in [5.41, 5.74) is 2.95. The van der Waals surface area contributed by atoms with Crippen LogP contribution in [0.25, 0.3) is 0 Å². The highest BCUT2D eigenvalue weighted by molar-refractivity contribution is 6.10. The predicted octanol–water partition coefficient (Wildman–Crippen LogP) is 4.99. The van der Waals surface area contributed by atoms with Crippen LogP contribution >= 0.6 is 0 Å². The molecule has 0 fully saturated rings. The highest BCUT2D eigenvalue weighted by Gasteiger charge is 2.28. The fourth-order valence-electron chi connectivity index (χ4n) is 3.45. The molecule has 1 aromatic heterocycles. The topological polar surface area (TPSA) is 58.0 Å². The molecule has 0 amide bonds. The van der Waals surface area contributed by atoms with Crippen molar-refractivity contribution in [3.63, 3.8) is 0 Å². The van der Waals surface area contributed by atoms with Crippen LogP contribution in [0.1, 0.15) is 24.5 Å². The molecule has 1 aliphatic rings. The number of fused-ring (bicyclic) bond motifs is 1. The lowest BCUT2D eigenvalue weighted by molar-refractivity contribution is 0.317. The van der Waals surface area contributed by atoms with Gasteiger partial charge in [-0.2, -0.15) is 0 Å². The van der Waals surface area contributed by atoms with Crippen molar-refractivity contribution in [1.82, 2.24) is 4.98 Å². The van der Waals surface area contributed by atoms with E-state index in [0.717, 1.165) is 18.5 Å². The molecule has 28 heavy (non-hydrogen) atoms. The van der Waals surface area contributed by atoms with Gasteiger partial charge in [0.15, 0.2) is 5.84 Å². The largest absolute Gasteiger partial charge is 0.439 e. The van der Waals surface area contributed by atoms with Crippen LogP contribution in [0.15, 0.2) is 72.0 Å². The summed E-state index contributed by atoms with van der Waals surface area (Å²) in [6.45, 7) is 2.11. The number of anilines is 1. The Hall–Kier alpha value is -3.41. The number of benzene rings is 2. The van der Waals surface area contributed by atoms with Crippen molar-refractivity contribution in [2.45, 2.75) is 25.8 Å². The first-order valence-electron chi connectivity index (χ1n) is 9.15. The number of nitrogens with zero attached hydrogens (tertiary/aromatic N) is 3. The zero-order valence-corrected chi connectivity index (χ0v) is 15.4. The molecule has 6 heteroatoms. The zero-order chi connectivity index (χ0) is 19.5. The molecule has 0 radical (unpaired) electrons. The van der Waals surface area contributed by atoms with E-state index in [4.69, 9.17) is 4.74 Å². The minimum Gasteiger partial charge on any atom is -0.439 e. The second-order valence-electron chi connectivity index (χ2n) is 6.75. The first-order chi connectivity index (χ1) is 13.7. The lowest BCUT2D eigenvalue weighted by Crippen LogP contribution is -2.42. The van der Waals surface area contributed by atoms with E-state index < -0.39 is 0 Å². The number of hydrogen-bond donors (Lipinski definition) is 1. The van der Waals surface area contributed by atoms with E-state index >= 15 is 0 Å². The SMILES string of the molecule is CC1CCc2ccccc2N1/C(=N\O)c1ccc(Oc2ccc(F)cc2)nc1. The average Bonchev–Trinajstić information content (AvgIpc) is 2.73. The van der Waals surface area contributed by atoms with Gasteiger partial charge in [0, 0.05) is 29.6 Å². The number of amidine groups is 1. The summed E-state index contributed by atoms with van der Waals surface area (Å²) in [6.07, 6.45) is 3.57. The van der Waals surface area contributed by atoms with Crippen LogP contribution in [-0.2, 0) is 6.42 Å². The first kappa shape index (κ1) is 18.0. The summed E-state index contributed by atoms with van der Waals surface area (Å²) >= 11 is 0. The lowest BCUT2D eigenvalue weighted by Gasteiger charge is -2.36. The van der Waals surface area contributed by atoms with Crippen LogP contribution in [0.5, 0.6) is 11.6 Å². The van der Waals surface area contributed by atoms with Crippen molar-refractivity contribution in [2.75, 3.05) is 4.90 Å². The van der Waals surface area contributed by atoms with Gasteiger partial charge in [0.05, 0.1) is 0 Å². The molecule has 0 aliphatic carbocycles. The summed E-state index contributed by atoms with van der Waals surface area (Å²) in [5, 5.41) is 13.3. The van der Waals surface area contributed by atoms with Crippen LogP contribution in [0, 0.1) is 5.82 Å². The highest BCUT2D eigenvalue weighted by atomic mass is 19.1. The van der Waals surface area contributed by atoms with Crippen LogP contribution in [0.4, 0.5) is 10.1 Å². The molecule has 142 valence electrons. The van der Waals surface area contributed by atoms with Gasteiger partial charge in [0.2, 0.25) is 5.88 Å². The molecule has 3 aromatic rings. The van der Waals surface area contributed by atoms with E-state index in [1.165, 1.54) is 29.8 Å². The van der Waals surface area contributed by atoms with Gasteiger partial charge in [0.25, 0.3) is 0 Å². The Bertz CT molecular complexity index is 987. The van der Waals surface area contributed by atoms with Crippen molar-refractivity contribution in [3.05, 3.63) is 83.8 Å². The van der Waals surface area contributed by atoms with E-state index in [9.17, 15) is 9.60 Å². The summed E-state index contributed by atoms with van der Waals surface area (Å²) in [6, 6.07) is 17.6. The van der Waals surface area contributed by atoms with Crippen LogP contribution in [0.2, 0.25) is 0 Å². The minimum atomic E-state index is -0.324. The number of hydrogen-bond acceptors (Lipinski definition) is 4. The second-order valence-corrected chi connectivity index (χ2v) is 6.75. The van der Waals surface area contributed by atoms with E-state index in [1.54, 1.807) is 18.3 Å². The number of aryl methyl sites for hydroxylation is 1. The normalized spacial score (nSPS) is 16.6. The smallest absolute Gasteiger partial charge is 0.219 e. The van der Waals surface area contributed by atoms with Crippen molar-refractivity contribution in [2.24, 2.45) is 5.16 Å². The molecule has 1 N–H and O–H groups in total. The molecule has 2 heterocycles. The predicted molar refractivity (Wildman–Crippen MR) is 106 cm³/mol. The third kappa shape index (κ3) is 3.53. The molecular formula is C22H20FN3O2. The molecule has 2 aromatic carbocycles. The van der Waals surface area contributed by atoms with Gasteiger partial charge in [0.1, 0.15) is 11.6 Å². The van der Waals surface area contributed by atoms with E-state index in [2.05, 4.69) is 23.1 Å². The maximum atomic E-state index is 13.0. The van der Waals surface area contributed by atoms with Gasteiger partial charge in [-0.1, -0.05) is 23.4 Å². The van der Waals surface area contributed by atoms with Crippen LogP contribution in [0.3, 0.4) is 0 Å². The maximum absolute atomic E-state index is 13.0. The third-order valence-corrected chi connectivity index (χ3v) is 4.88. The number of halogens is 1. The van der Waals surface area contributed by atoms with Gasteiger partial charge >= 0.3 is 0 Å². The molecule has 0 saturated carbocycles. The Kier molecular flexibility index (Phi) is 4.93. The number of rotatable bonds is 3. The molecule has 1 atom stereocenters. The number of oxime groups is 1. The molecule has 1 aliphatic heterocycles. The van der Waals surface area contributed by atoms with Gasteiger partial charge in [-0.15, -0.1) is 0 Å². The van der Waals surface area contributed by atoms with Crippen LogP contribution in [-0.4, -0.2) is 22.1 Å². The summed E-state index contributed by atoms with van der Waals surface area (Å²) in [5.74, 6) is 0.992. The number of ether oxygens (including phenoxy) is 1. The number of para-hydroxylation sites is 1. The van der Waals surface area contributed by atoms with Gasteiger partial charge in [-0.25, -0.2) is 9.37 Å².